The van der Waals surface area contributed by atoms with Crippen molar-refractivity contribution < 1.29 is 19.2 Å². The Morgan fingerprint density at radius 1 is 0.611 bits per heavy atom. The van der Waals surface area contributed by atoms with Gasteiger partial charge in [-0.3, -0.25) is 19.2 Å². The third-order valence-corrected chi connectivity index (χ3v) is 6.51. The number of benzene rings is 1. The van der Waals surface area contributed by atoms with Crippen LogP contribution in [0.3, 0.4) is 0 Å². The summed E-state index contributed by atoms with van der Waals surface area (Å²) in [4.78, 5) is 47.4. The van der Waals surface area contributed by atoms with E-state index in [0.717, 1.165) is 26.7 Å². The second-order valence-electron chi connectivity index (χ2n) is 8.71. The molecular weight excluding hydrogens is 456 g/mol. The highest BCUT2D eigenvalue weighted by Gasteiger charge is 2.35. The largest absolute Gasteiger partial charge is 0.274 e. The van der Waals surface area contributed by atoms with E-state index < -0.39 is 29.0 Å². The molecule has 4 amide bonds. The molecule has 0 fully saturated rings. The summed E-state index contributed by atoms with van der Waals surface area (Å²) in [5.41, 5.74) is 3.87. The zero-order valence-electron chi connectivity index (χ0n) is 19.5. The second kappa shape index (κ2) is 9.14. The van der Waals surface area contributed by atoms with Gasteiger partial charge in [0, 0.05) is 42.6 Å². The van der Waals surface area contributed by atoms with Gasteiger partial charge in [-0.25, -0.2) is 0 Å². The predicted molar refractivity (Wildman–Crippen MR) is 134 cm³/mol. The molecule has 4 aliphatic rings. The lowest BCUT2D eigenvalue weighted by Gasteiger charge is -2.35. The van der Waals surface area contributed by atoms with E-state index in [1.54, 1.807) is 0 Å². The molecule has 0 aromatic heterocycles. The standard InChI is InChI=1S/C28H22N4O4/c1-28(19-5-3-2-4-6-19,20-7-11-22(12-8-20)29-31-24(33)15-16-25(31)34)21-9-13-23(14-10-21)30-32-26(35)17-18-27(32)36/h2-11,13,15-18H,12,14H2,1H3. The van der Waals surface area contributed by atoms with E-state index >= 15 is 0 Å². The number of carbonyl (C=O) groups is 4. The van der Waals surface area contributed by atoms with E-state index in [0.29, 0.717) is 24.3 Å². The molecule has 2 aliphatic carbocycles. The van der Waals surface area contributed by atoms with Crippen LogP contribution in [0.1, 0.15) is 25.3 Å². The number of imide groups is 2. The van der Waals surface area contributed by atoms with Gasteiger partial charge in [-0.05, 0) is 35.8 Å². The van der Waals surface area contributed by atoms with Crippen molar-refractivity contribution in [3.8, 4) is 0 Å². The number of amides is 4. The first-order valence-corrected chi connectivity index (χ1v) is 11.5. The Balaban J connectivity index is 1.42. The first kappa shape index (κ1) is 23.0. The molecule has 0 radical (unpaired) electrons. The Hall–Kier alpha value is -4.72. The number of nitrogens with zero attached hydrogens (tertiary/aromatic N) is 4. The van der Waals surface area contributed by atoms with Crippen LogP contribution in [0.5, 0.6) is 0 Å². The van der Waals surface area contributed by atoms with E-state index in [4.69, 9.17) is 0 Å². The predicted octanol–water partition coefficient (Wildman–Crippen LogP) is 3.28. The van der Waals surface area contributed by atoms with Gasteiger partial charge in [0.2, 0.25) is 0 Å². The van der Waals surface area contributed by atoms with E-state index in [2.05, 4.69) is 41.4 Å². The number of allylic oxidation sites excluding steroid dienone is 8. The smallest absolute Gasteiger partial charge is 0.267 e. The Labute approximate surface area is 207 Å². The van der Waals surface area contributed by atoms with E-state index in [-0.39, 0.29) is 0 Å². The topological polar surface area (TPSA) is 99.5 Å². The quantitative estimate of drug-likeness (QED) is 0.607. The summed E-state index contributed by atoms with van der Waals surface area (Å²) in [6.07, 6.45) is 17.4. The van der Waals surface area contributed by atoms with Gasteiger partial charge in [0.25, 0.3) is 23.6 Å². The summed E-state index contributed by atoms with van der Waals surface area (Å²) in [6, 6.07) is 10.1. The van der Waals surface area contributed by atoms with Crippen LogP contribution in [0.2, 0.25) is 0 Å². The molecule has 0 N–H and O–H groups in total. The maximum absolute atomic E-state index is 11.8. The molecule has 0 unspecified atom stereocenters. The fraction of sp³-hybridized carbons (Fsp3) is 0.143. The molecular formula is C28H22N4O4. The van der Waals surface area contributed by atoms with Gasteiger partial charge in [0.05, 0.1) is 11.4 Å². The van der Waals surface area contributed by atoms with Crippen LogP contribution in [0.15, 0.2) is 112 Å². The third kappa shape index (κ3) is 4.13. The summed E-state index contributed by atoms with van der Waals surface area (Å²) >= 11 is 0. The van der Waals surface area contributed by atoms with Crippen LogP contribution < -0.4 is 0 Å². The minimum Gasteiger partial charge on any atom is -0.267 e. The SMILES string of the molecule is CC(C1=CCC(=NN2C(=O)C=CC2=O)C=C1)(C1=CCC(=NN2C(=O)C=CC2=O)C=C1)c1ccccc1. The maximum Gasteiger partial charge on any atom is 0.274 e. The Morgan fingerprint density at radius 2 is 1.03 bits per heavy atom. The van der Waals surface area contributed by atoms with Crippen molar-refractivity contribution in [1.82, 2.24) is 10.0 Å². The summed E-state index contributed by atoms with van der Waals surface area (Å²) in [5.74, 6) is -1.80. The molecule has 8 heteroatoms. The van der Waals surface area contributed by atoms with Gasteiger partial charge in [0.15, 0.2) is 0 Å². The monoisotopic (exact) mass is 478 g/mol. The lowest BCUT2D eigenvalue weighted by molar-refractivity contribution is -0.138. The maximum atomic E-state index is 11.8. The van der Waals surface area contributed by atoms with Crippen LogP contribution in [0.25, 0.3) is 0 Å². The first-order chi connectivity index (χ1) is 17.4. The van der Waals surface area contributed by atoms with Gasteiger partial charge in [-0.2, -0.15) is 20.2 Å². The highest BCUT2D eigenvalue weighted by molar-refractivity contribution is 6.14. The number of hydrazone groups is 2. The fourth-order valence-corrected chi connectivity index (χ4v) is 4.47. The number of hydrogen-bond acceptors (Lipinski definition) is 6. The Kier molecular flexibility index (Phi) is 5.85. The molecule has 0 saturated carbocycles. The van der Waals surface area contributed by atoms with Crippen molar-refractivity contribution in [1.29, 1.82) is 0 Å². The zero-order chi connectivity index (χ0) is 25.3. The van der Waals surface area contributed by atoms with Gasteiger partial charge >= 0.3 is 0 Å². The van der Waals surface area contributed by atoms with Crippen molar-refractivity contribution >= 4 is 35.1 Å². The van der Waals surface area contributed by atoms with Crippen molar-refractivity contribution in [2.45, 2.75) is 25.2 Å². The van der Waals surface area contributed by atoms with Crippen LogP contribution in [0.4, 0.5) is 0 Å². The van der Waals surface area contributed by atoms with E-state index in [1.165, 1.54) is 24.3 Å². The molecule has 0 spiro atoms. The summed E-state index contributed by atoms with van der Waals surface area (Å²) < 4.78 is 0. The van der Waals surface area contributed by atoms with Gasteiger partial charge in [0.1, 0.15) is 0 Å². The van der Waals surface area contributed by atoms with Gasteiger partial charge in [-0.1, -0.05) is 54.6 Å². The highest BCUT2D eigenvalue weighted by atomic mass is 16.2. The third-order valence-electron chi connectivity index (χ3n) is 6.51. The first-order valence-electron chi connectivity index (χ1n) is 11.5. The molecule has 1 aromatic carbocycles. The lowest BCUT2D eigenvalue weighted by atomic mass is 9.67. The summed E-state index contributed by atoms with van der Waals surface area (Å²) in [7, 11) is 0. The molecule has 0 atom stereocenters. The minimum absolute atomic E-state index is 0.451. The summed E-state index contributed by atoms with van der Waals surface area (Å²) in [6.45, 7) is 2.13. The van der Waals surface area contributed by atoms with Crippen LogP contribution in [-0.2, 0) is 24.6 Å². The molecule has 178 valence electrons. The van der Waals surface area contributed by atoms with Gasteiger partial charge in [-0.15, -0.1) is 0 Å². The van der Waals surface area contributed by atoms with Crippen LogP contribution in [0, 0.1) is 0 Å². The average molecular weight is 479 g/mol. The molecule has 36 heavy (non-hydrogen) atoms. The van der Waals surface area contributed by atoms with Gasteiger partial charge < -0.3 is 0 Å². The van der Waals surface area contributed by atoms with E-state index in [1.807, 2.05) is 42.5 Å². The fourth-order valence-electron chi connectivity index (χ4n) is 4.47. The summed E-state index contributed by atoms with van der Waals surface area (Å²) in [5, 5.41) is 10.2. The Morgan fingerprint density at radius 3 is 1.39 bits per heavy atom. The lowest BCUT2D eigenvalue weighted by Crippen LogP contribution is -2.30. The number of hydrogen-bond donors (Lipinski definition) is 0. The second-order valence-corrected chi connectivity index (χ2v) is 8.71. The van der Waals surface area contributed by atoms with Crippen molar-refractivity contribution in [3.05, 3.63) is 108 Å². The van der Waals surface area contributed by atoms with Crippen LogP contribution >= 0.6 is 0 Å². The minimum atomic E-state index is -0.507. The van der Waals surface area contributed by atoms with Crippen LogP contribution in [-0.4, -0.2) is 45.1 Å². The Bertz CT molecular complexity index is 1300. The molecule has 5 rings (SSSR count). The molecule has 2 heterocycles. The zero-order valence-corrected chi connectivity index (χ0v) is 19.5. The van der Waals surface area contributed by atoms with Crippen molar-refractivity contribution in [3.63, 3.8) is 0 Å². The molecule has 8 nitrogen and oxygen atoms in total. The van der Waals surface area contributed by atoms with Crippen molar-refractivity contribution in [2.75, 3.05) is 0 Å². The number of rotatable bonds is 5. The molecule has 0 saturated heterocycles. The highest BCUT2D eigenvalue weighted by Crippen LogP contribution is 2.42. The van der Waals surface area contributed by atoms with E-state index in [9.17, 15) is 19.2 Å². The normalized spacial score (nSPS) is 23.2. The molecule has 2 aliphatic heterocycles. The van der Waals surface area contributed by atoms with Crippen molar-refractivity contribution in [2.24, 2.45) is 10.2 Å². The molecule has 0 bridgehead atoms. The molecule has 1 aromatic rings. The average Bonchev–Trinajstić information content (AvgIpc) is 3.40. The number of carbonyl (C=O) groups excluding carboxylic acids is 4.